The zero-order valence-electron chi connectivity index (χ0n) is 25.3. The third kappa shape index (κ3) is 24.2. The number of carbonyl (C=O) groups is 1. The minimum absolute atomic E-state index is 0.0202. The van der Waals surface area contributed by atoms with E-state index in [0.29, 0.717) is 6.42 Å². The third-order valence-electron chi connectivity index (χ3n) is 7.87. The molecule has 3 atom stereocenters. The van der Waals surface area contributed by atoms with Gasteiger partial charge in [0, 0.05) is 0 Å². The van der Waals surface area contributed by atoms with Crippen molar-refractivity contribution in [1.29, 1.82) is 0 Å². The average molecular weight is 527 g/mol. The normalized spacial score (nSPS) is 14.0. The van der Waals surface area contributed by atoms with E-state index in [4.69, 9.17) is 4.74 Å². The number of rotatable bonds is 29. The van der Waals surface area contributed by atoms with Crippen molar-refractivity contribution in [2.24, 2.45) is 5.92 Å². The molecule has 2 N–H and O–H groups in total. The molecule has 0 heterocycles. The van der Waals surface area contributed by atoms with Crippen LogP contribution in [0, 0.1) is 5.92 Å². The summed E-state index contributed by atoms with van der Waals surface area (Å²) in [5, 5.41) is 19.2. The van der Waals surface area contributed by atoms with Crippen molar-refractivity contribution in [2.75, 3.05) is 6.61 Å². The molecule has 0 radical (unpaired) electrons. The van der Waals surface area contributed by atoms with E-state index in [0.717, 1.165) is 44.9 Å². The van der Waals surface area contributed by atoms with Crippen molar-refractivity contribution in [3.63, 3.8) is 0 Å². The van der Waals surface area contributed by atoms with Crippen LogP contribution in [-0.4, -0.2) is 35.0 Å². The highest BCUT2D eigenvalue weighted by molar-refractivity contribution is 5.72. The molecule has 0 aliphatic rings. The summed E-state index contributed by atoms with van der Waals surface area (Å²) < 4.78 is 5.81. The van der Waals surface area contributed by atoms with Crippen molar-refractivity contribution in [1.82, 2.24) is 0 Å². The average Bonchev–Trinajstić information content (AvgIpc) is 2.90. The van der Waals surface area contributed by atoms with Crippen LogP contribution in [0.15, 0.2) is 0 Å². The van der Waals surface area contributed by atoms with Gasteiger partial charge in [-0.2, -0.15) is 0 Å². The summed E-state index contributed by atoms with van der Waals surface area (Å²) in [4.78, 5) is 12.8. The summed E-state index contributed by atoms with van der Waals surface area (Å²) in [6.07, 6.45) is 29.6. The molecule has 0 fully saturated rings. The molecule has 0 aromatic rings. The second kappa shape index (κ2) is 28.4. The van der Waals surface area contributed by atoms with Crippen molar-refractivity contribution in [3.05, 3.63) is 0 Å². The molecular weight excluding hydrogens is 460 g/mol. The lowest BCUT2D eigenvalue weighted by atomic mass is 9.94. The van der Waals surface area contributed by atoms with Gasteiger partial charge in [-0.05, 0) is 32.1 Å². The van der Waals surface area contributed by atoms with E-state index in [1.165, 1.54) is 109 Å². The largest absolute Gasteiger partial charge is 0.462 e. The van der Waals surface area contributed by atoms with Gasteiger partial charge < -0.3 is 14.9 Å². The van der Waals surface area contributed by atoms with Crippen LogP contribution in [0.1, 0.15) is 181 Å². The van der Waals surface area contributed by atoms with Crippen molar-refractivity contribution in [2.45, 2.75) is 193 Å². The molecule has 4 nitrogen and oxygen atoms in total. The quantitative estimate of drug-likeness (QED) is 0.0752. The molecular formula is C33H66O4. The Balaban J connectivity index is 3.81. The number of hydrogen-bond donors (Lipinski definition) is 2. The maximum Gasteiger partial charge on any atom is 0.309 e. The maximum absolute atomic E-state index is 12.8. The van der Waals surface area contributed by atoms with E-state index in [1.54, 1.807) is 0 Å². The SMILES string of the molecule is CCCCCCCCCCCCCCCCCCCCC(CC(O)CO)C(=O)OC(CC)CCCCC. The summed E-state index contributed by atoms with van der Waals surface area (Å²) in [6.45, 7) is 6.24. The van der Waals surface area contributed by atoms with Gasteiger partial charge in [-0.15, -0.1) is 0 Å². The van der Waals surface area contributed by atoms with Crippen LogP contribution >= 0.6 is 0 Å². The Morgan fingerprint density at radius 1 is 0.595 bits per heavy atom. The molecule has 0 aromatic carbocycles. The highest BCUT2D eigenvalue weighted by Crippen LogP contribution is 2.22. The predicted molar refractivity (Wildman–Crippen MR) is 159 cm³/mol. The number of ether oxygens (including phenoxy) is 1. The first kappa shape index (κ1) is 36.4. The monoisotopic (exact) mass is 526 g/mol. The number of esters is 1. The fourth-order valence-corrected chi connectivity index (χ4v) is 5.26. The van der Waals surface area contributed by atoms with Crippen LogP contribution in [0.3, 0.4) is 0 Å². The Hall–Kier alpha value is -0.610. The van der Waals surface area contributed by atoms with E-state index >= 15 is 0 Å². The topological polar surface area (TPSA) is 66.8 Å². The van der Waals surface area contributed by atoms with E-state index in [9.17, 15) is 15.0 Å². The summed E-state index contributed by atoms with van der Waals surface area (Å²) in [6, 6.07) is 0. The molecule has 37 heavy (non-hydrogen) atoms. The summed E-state index contributed by atoms with van der Waals surface area (Å²) >= 11 is 0. The van der Waals surface area contributed by atoms with Gasteiger partial charge in [0.2, 0.25) is 0 Å². The van der Waals surface area contributed by atoms with Crippen molar-refractivity contribution < 1.29 is 19.7 Å². The standard InChI is InChI=1S/C33H66O4/c1-4-7-9-10-11-12-13-14-15-16-17-18-19-20-21-22-23-25-26-30(28-31(35)29-34)33(36)37-32(6-3)27-24-8-5-2/h30-32,34-35H,4-29H2,1-3H3. The molecule has 0 amide bonds. The minimum Gasteiger partial charge on any atom is -0.462 e. The van der Waals surface area contributed by atoms with Gasteiger partial charge in [0.1, 0.15) is 6.10 Å². The minimum atomic E-state index is -0.840. The molecule has 0 spiro atoms. The zero-order chi connectivity index (χ0) is 27.4. The summed E-state index contributed by atoms with van der Waals surface area (Å²) in [5.41, 5.74) is 0. The van der Waals surface area contributed by atoms with Crippen LogP contribution in [0.4, 0.5) is 0 Å². The van der Waals surface area contributed by atoms with E-state index < -0.39 is 6.10 Å². The molecule has 0 aliphatic heterocycles. The Labute approximate surface area is 231 Å². The summed E-state index contributed by atoms with van der Waals surface area (Å²) in [5.74, 6) is -0.480. The number of aliphatic hydroxyl groups is 2. The van der Waals surface area contributed by atoms with E-state index in [1.807, 2.05) is 0 Å². The molecule has 4 heteroatoms. The number of unbranched alkanes of at least 4 members (excludes halogenated alkanes) is 19. The molecule has 0 aromatic heterocycles. The fourth-order valence-electron chi connectivity index (χ4n) is 5.26. The van der Waals surface area contributed by atoms with Crippen molar-refractivity contribution in [3.8, 4) is 0 Å². The van der Waals surface area contributed by atoms with Gasteiger partial charge in [0.05, 0.1) is 18.6 Å². The van der Waals surface area contributed by atoms with Crippen LogP contribution in [0.5, 0.6) is 0 Å². The number of aliphatic hydroxyl groups excluding tert-OH is 2. The van der Waals surface area contributed by atoms with Crippen LogP contribution in [-0.2, 0) is 9.53 Å². The predicted octanol–water partition coefficient (Wildman–Crippen LogP) is 9.68. The Morgan fingerprint density at radius 3 is 1.38 bits per heavy atom. The fraction of sp³-hybridized carbons (Fsp3) is 0.970. The number of carbonyl (C=O) groups excluding carboxylic acids is 1. The second-order valence-corrected chi connectivity index (χ2v) is 11.5. The first-order valence-corrected chi connectivity index (χ1v) is 16.6. The highest BCUT2D eigenvalue weighted by atomic mass is 16.5. The van der Waals surface area contributed by atoms with Crippen LogP contribution in [0.2, 0.25) is 0 Å². The van der Waals surface area contributed by atoms with Gasteiger partial charge in [-0.25, -0.2) is 0 Å². The van der Waals surface area contributed by atoms with Crippen LogP contribution in [0.25, 0.3) is 0 Å². The molecule has 3 unspecified atom stereocenters. The molecule has 0 saturated heterocycles. The Kier molecular flexibility index (Phi) is 27.9. The first-order chi connectivity index (χ1) is 18.1. The van der Waals surface area contributed by atoms with Crippen LogP contribution < -0.4 is 0 Å². The van der Waals surface area contributed by atoms with Gasteiger partial charge in [-0.3, -0.25) is 4.79 Å². The molecule has 0 bridgehead atoms. The third-order valence-corrected chi connectivity index (χ3v) is 7.87. The molecule has 222 valence electrons. The maximum atomic E-state index is 12.8. The smallest absolute Gasteiger partial charge is 0.309 e. The summed E-state index contributed by atoms with van der Waals surface area (Å²) in [7, 11) is 0. The molecule has 0 saturated carbocycles. The van der Waals surface area contributed by atoms with Gasteiger partial charge in [0.25, 0.3) is 0 Å². The lowest BCUT2D eigenvalue weighted by molar-refractivity contribution is -0.156. The van der Waals surface area contributed by atoms with Crippen molar-refractivity contribution >= 4 is 5.97 Å². The lowest BCUT2D eigenvalue weighted by Crippen LogP contribution is -2.28. The Bertz CT molecular complexity index is 467. The second-order valence-electron chi connectivity index (χ2n) is 11.5. The van der Waals surface area contributed by atoms with Gasteiger partial charge in [0.15, 0.2) is 0 Å². The highest BCUT2D eigenvalue weighted by Gasteiger charge is 2.25. The lowest BCUT2D eigenvalue weighted by Gasteiger charge is -2.22. The molecule has 0 rings (SSSR count). The molecule has 0 aliphatic carbocycles. The van der Waals surface area contributed by atoms with E-state index in [-0.39, 0.29) is 24.6 Å². The Morgan fingerprint density at radius 2 is 0.973 bits per heavy atom. The van der Waals surface area contributed by atoms with Gasteiger partial charge >= 0.3 is 5.97 Å². The first-order valence-electron chi connectivity index (χ1n) is 16.6. The zero-order valence-corrected chi connectivity index (χ0v) is 25.3. The number of hydrogen-bond acceptors (Lipinski definition) is 4. The van der Waals surface area contributed by atoms with Gasteiger partial charge in [-0.1, -0.05) is 149 Å². The van der Waals surface area contributed by atoms with E-state index in [2.05, 4.69) is 20.8 Å².